The number of likely N-dealkylation sites (N-methyl/N-ethyl adjacent to an activating group) is 1. The van der Waals surface area contributed by atoms with Crippen LogP contribution in [0.15, 0.2) is 6.33 Å². The van der Waals surface area contributed by atoms with Gasteiger partial charge in [0.25, 0.3) is 0 Å². The average molecular weight is 321 g/mol. The normalized spacial score (nSPS) is 25.3. The number of amides is 1. The van der Waals surface area contributed by atoms with Crippen molar-refractivity contribution >= 4 is 5.91 Å². The second kappa shape index (κ2) is 6.57. The average Bonchev–Trinajstić information content (AvgIpc) is 3.01. The Balaban J connectivity index is 1.64. The summed E-state index contributed by atoms with van der Waals surface area (Å²) in [6.07, 6.45) is 4.59. The van der Waals surface area contributed by atoms with E-state index in [0.29, 0.717) is 12.5 Å². The van der Waals surface area contributed by atoms with Crippen molar-refractivity contribution in [2.45, 2.75) is 45.4 Å². The van der Waals surface area contributed by atoms with Gasteiger partial charge < -0.3 is 14.2 Å². The quantitative estimate of drug-likeness (QED) is 0.819. The van der Waals surface area contributed by atoms with Crippen molar-refractivity contribution in [1.29, 1.82) is 0 Å². The van der Waals surface area contributed by atoms with Crippen molar-refractivity contribution in [3.05, 3.63) is 12.2 Å². The van der Waals surface area contributed by atoms with Gasteiger partial charge in [0.2, 0.25) is 5.91 Å². The van der Waals surface area contributed by atoms with Crippen LogP contribution in [0.5, 0.6) is 0 Å². The summed E-state index contributed by atoms with van der Waals surface area (Å²) in [5.74, 6) is 1.30. The predicted molar refractivity (Wildman–Crippen MR) is 85.7 cm³/mol. The molecule has 7 nitrogen and oxygen atoms in total. The van der Waals surface area contributed by atoms with Gasteiger partial charge >= 0.3 is 0 Å². The maximum absolute atomic E-state index is 12.7. The monoisotopic (exact) mass is 321 g/mol. The van der Waals surface area contributed by atoms with Crippen LogP contribution in [0.1, 0.15) is 32.0 Å². The van der Waals surface area contributed by atoms with Crippen molar-refractivity contribution < 1.29 is 9.53 Å². The first-order valence-corrected chi connectivity index (χ1v) is 8.45. The lowest BCUT2D eigenvalue weighted by Crippen LogP contribution is -2.56. The highest BCUT2D eigenvalue weighted by Gasteiger charge is 2.47. The highest BCUT2D eigenvalue weighted by molar-refractivity contribution is 5.83. The predicted octanol–water partition coefficient (Wildman–Crippen LogP) is 0.757. The van der Waals surface area contributed by atoms with Crippen LogP contribution in [0, 0.1) is 5.41 Å². The summed E-state index contributed by atoms with van der Waals surface area (Å²) in [6, 6.07) is 0. The van der Waals surface area contributed by atoms with E-state index in [1.807, 2.05) is 11.9 Å². The molecule has 128 valence electrons. The van der Waals surface area contributed by atoms with E-state index in [-0.39, 0.29) is 11.5 Å². The minimum atomic E-state index is -0.234. The number of nitrogens with zero attached hydrogens (tertiary/aromatic N) is 5. The second-order valence-corrected chi connectivity index (χ2v) is 6.84. The van der Waals surface area contributed by atoms with E-state index in [0.717, 1.165) is 51.3 Å². The minimum Gasteiger partial charge on any atom is -0.380 e. The van der Waals surface area contributed by atoms with Crippen LogP contribution < -0.4 is 0 Å². The lowest BCUT2D eigenvalue weighted by molar-refractivity contribution is -0.156. The van der Waals surface area contributed by atoms with Gasteiger partial charge in [0.15, 0.2) is 0 Å². The Bertz CT molecular complexity index is 550. The van der Waals surface area contributed by atoms with Crippen LogP contribution in [-0.4, -0.2) is 70.4 Å². The number of ether oxygens (including phenoxy) is 1. The minimum absolute atomic E-state index is 0.160. The third-order valence-corrected chi connectivity index (χ3v) is 5.44. The molecule has 1 aromatic rings. The van der Waals surface area contributed by atoms with Crippen LogP contribution in [0.2, 0.25) is 0 Å². The first kappa shape index (κ1) is 16.4. The summed E-state index contributed by atoms with van der Waals surface area (Å²) >= 11 is 0. The number of carbonyl (C=O) groups excluding carboxylic acids is 1. The summed E-state index contributed by atoms with van der Waals surface area (Å²) in [5, 5.41) is 8.21. The number of carbonyl (C=O) groups is 1. The van der Waals surface area contributed by atoms with E-state index >= 15 is 0 Å². The summed E-state index contributed by atoms with van der Waals surface area (Å²) in [5.41, 5.74) is -0.234. The fourth-order valence-electron chi connectivity index (χ4n) is 3.96. The Labute approximate surface area is 137 Å². The number of rotatable bonds is 4. The Hall–Kier alpha value is -1.47. The number of aromatic nitrogens is 3. The Morgan fingerprint density at radius 2 is 2.13 bits per heavy atom. The third kappa shape index (κ3) is 3.12. The number of hydrogen-bond acceptors (Lipinski definition) is 5. The van der Waals surface area contributed by atoms with Crippen LogP contribution >= 0.6 is 0 Å². The molecule has 2 saturated heterocycles. The zero-order valence-electron chi connectivity index (χ0n) is 14.4. The van der Waals surface area contributed by atoms with Gasteiger partial charge in [-0.3, -0.25) is 9.69 Å². The molecule has 1 aromatic heterocycles. The summed E-state index contributed by atoms with van der Waals surface area (Å²) < 4.78 is 7.62. The molecule has 0 aromatic carbocycles. The maximum atomic E-state index is 12.7. The molecule has 1 spiro atoms. The van der Waals surface area contributed by atoms with Gasteiger partial charge in [-0.25, -0.2) is 0 Å². The first-order valence-electron chi connectivity index (χ1n) is 8.45. The van der Waals surface area contributed by atoms with E-state index in [1.54, 1.807) is 13.4 Å². The molecule has 7 heteroatoms. The summed E-state index contributed by atoms with van der Waals surface area (Å²) in [4.78, 5) is 16.9. The number of hydrogen-bond donors (Lipinski definition) is 0. The summed E-state index contributed by atoms with van der Waals surface area (Å²) in [7, 11) is 3.64. The highest BCUT2D eigenvalue weighted by Crippen LogP contribution is 2.41. The molecule has 1 amide bonds. The molecular weight excluding hydrogens is 294 g/mol. The second-order valence-electron chi connectivity index (χ2n) is 6.84. The molecule has 1 unspecified atom stereocenters. The molecule has 0 bridgehead atoms. The zero-order valence-corrected chi connectivity index (χ0v) is 14.4. The fraction of sp³-hybridized carbons (Fsp3) is 0.812. The number of piperidine rings is 2. The van der Waals surface area contributed by atoms with Gasteiger partial charge in [-0.1, -0.05) is 0 Å². The van der Waals surface area contributed by atoms with Crippen molar-refractivity contribution in [1.82, 2.24) is 24.6 Å². The van der Waals surface area contributed by atoms with Crippen molar-refractivity contribution in [3.8, 4) is 0 Å². The molecule has 0 N–H and O–H groups in total. The number of likely N-dealkylation sites (tertiary alicyclic amines) is 2. The molecule has 0 radical (unpaired) electrons. The van der Waals surface area contributed by atoms with Gasteiger partial charge in [-0.05, 0) is 39.3 Å². The van der Waals surface area contributed by atoms with E-state index in [4.69, 9.17) is 4.74 Å². The SMILES string of the molecule is CCn1cnnc1CN1CCC2(CC1)CC(OC)CN(C)C2=O. The molecule has 0 saturated carbocycles. The van der Waals surface area contributed by atoms with Crippen LogP contribution in [0.3, 0.4) is 0 Å². The van der Waals surface area contributed by atoms with Crippen molar-refractivity contribution in [2.24, 2.45) is 5.41 Å². The molecule has 2 aliphatic heterocycles. The van der Waals surface area contributed by atoms with E-state index in [1.165, 1.54) is 0 Å². The van der Waals surface area contributed by atoms with Gasteiger partial charge in [0.05, 0.1) is 18.1 Å². The standard InChI is InChI=1S/C16H27N5O2/c1-4-21-12-17-18-14(21)11-20-7-5-16(6-8-20)9-13(23-3)10-19(2)15(16)22/h12-13H,4-11H2,1-3H3. The fourth-order valence-corrected chi connectivity index (χ4v) is 3.96. The molecule has 1 atom stereocenters. The summed E-state index contributed by atoms with van der Waals surface area (Å²) in [6.45, 7) is 6.35. The Morgan fingerprint density at radius 1 is 1.39 bits per heavy atom. The third-order valence-electron chi connectivity index (χ3n) is 5.44. The van der Waals surface area contributed by atoms with E-state index < -0.39 is 0 Å². The maximum Gasteiger partial charge on any atom is 0.228 e. The largest absolute Gasteiger partial charge is 0.380 e. The van der Waals surface area contributed by atoms with Crippen LogP contribution in [-0.2, 0) is 22.6 Å². The van der Waals surface area contributed by atoms with Crippen LogP contribution in [0.25, 0.3) is 0 Å². The molecule has 2 fully saturated rings. The smallest absolute Gasteiger partial charge is 0.228 e. The molecule has 0 aliphatic carbocycles. The highest BCUT2D eigenvalue weighted by atomic mass is 16.5. The lowest BCUT2D eigenvalue weighted by Gasteiger charge is -2.47. The van der Waals surface area contributed by atoms with Crippen molar-refractivity contribution in [2.75, 3.05) is 33.8 Å². The van der Waals surface area contributed by atoms with E-state index in [2.05, 4.69) is 26.6 Å². The van der Waals surface area contributed by atoms with Gasteiger partial charge in [0.1, 0.15) is 12.2 Å². The topological polar surface area (TPSA) is 63.5 Å². The zero-order chi connectivity index (χ0) is 16.4. The molecular formula is C16H27N5O2. The number of aryl methyl sites for hydroxylation is 1. The first-order chi connectivity index (χ1) is 11.1. The van der Waals surface area contributed by atoms with E-state index in [9.17, 15) is 4.79 Å². The van der Waals surface area contributed by atoms with Gasteiger partial charge in [-0.2, -0.15) is 0 Å². The molecule has 3 rings (SSSR count). The van der Waals surface area contributed by atoms with Gasteiger partial charge in [-0.15, -0.1) is 10.2 Å². The molecule has 3 heterocycles. The van der Waals surface area contributed by atoms with Crippen molar-refractivity contribution in [3.63, 3.8) is 0 Å². The molecule has 23 heavy (non-hydrogen) atoms. The molecule has 2 aliphatic rings. The van der Waals surface area contributed by atoms with Crippen LogP contribution in [0.4, 0.5) is 0 Å². The Morgan fingerprint density at radius 3 is 2.78 bits per heavy atom. The lowest BCUT2D eigenvalue weighted by atomic mass is 9.71. The number of methoxy groups -OCH3 is 1. The Kier molecular flexibility index (Phi) is 4.68. The van der Waals surface area contributed by atoms with Gasteiger partial charge in [0, 0.05) is 27.2 Å².